The van der Waals surface area contributed by atoms with E-state index in [2.05, 4.69) is 17.6 Å². The Kier molecular flexibility index (Phi) is 6.15. The zero-order valence-electron chi connectivity index (χ0n) is 9.26. The molecule has 0 radical (unpaired) electrons. The van der Waals surface area contributed by atoms with Crippen molar-refractivity contribution in [3.63, 3.8) is 0 Å². The van der Waals surface area contributed by atoms with Crippen molar-refractivity contribution in [1.29, 1.82) is 0 Å². The fourth-order valence-corrected chi connectivity index (χ4v) is 2.03. The minimum Gasteiger partial charge on any atom is -0.396 e. The SMILES string of the molecule is CCC(CCO)CNCC1CCCN1. The maximum absolute atomic E-state index is 8.84. The van der Waals surface area contributed by atoms with Crippen LogP contribution in [0.5, 0.6) is 0 Å². The Morgan fingerprint density at radius 3 is 3.00 bits per heavy atom. The summed E-state index contributed by atoms with van der Waals surface area (Å²) in [4.78, 5) is 0. The molecule has 1 aliphatic rings. The van der Waals surface area contributed by atoms with Crippen LogP contribution in [0.25, 0.3) is 0 Å². The molecule has 0 aromatic rings. The summed E-state index contributed by atoms with van der Waals surface area (Å²) in [6, 6.07) is 0.682. The quantitative estimate of drug-likeness (QED) is 0.568. The molecule has 0 aliphatic carbocycles. The highest BCUT2D eigenvalue weighted by Crippen LogP contribution is 2.07. The van der Waals surface area contributed by atoms with Gasteiger partial charge in [0.25, 0.3) is 0 Å². The summed E-state index contributed by atoms with van der Waals surface area (Å²) in [6.07, 6.45) is 4.72. The van der Waals surface area contributed by atoms with Crippen molar-refractivity contribution in [2.75, 3.05) is 26.2 Å². The molecule has 3 N–H and O–H groups in total. The van der Waals surface area contributed by atoms with E-state index in [0.29, 0.717) is 18.6 Å². The van der Waals surface area contributed by atoms with E-state index in [1.165, 1.54) is 19.4 Å². The van der Waals surface area contributed by atoms with Crippen molar-refractivity contribution in [3.8, 4) is 0 Å². The third kappa shape index (κ3) is 4.40. The summed E-state index contributed by atoms with van der Waals surface area (Å²) < 4.78 is 0. The van der Waals surface area contributed by atoms with E-state index in [-0.39, 0.29) is 0 Å². The van der Waals surface area contributed by atoms with Crippen LogP contribution in [-0.4, -0.2) is 37.4 Å². The number of rotatable bonds is 7. The van der Waals surface area contributed by atoms with Crippen molar-refractivity contribution in [1.82, 2.24) is 10.6 Å². The molecule has 1 heterocycles. The third-order valence-corrected chi connectivity index (χ3v) is 3.10. The first kappa shape index (κ1) is 12.0. The van der Waals surface area contributed by atoms with Gasteiger partial charge in [0.1, 0.15) is 0 Å². The lowest BCUT2D eigenvalue weighted by Crippen LogP contribution is -2.36. The number of aliphatic hydroxyl groups excluding tert-OH is 1. The van der Waals surface area contributed by atoms with E-state index in [9.17, 15) is 0 Å². The molecule has 1 rings (SSSR count). The second-order valence-electron chi connectivity index (χ2n) is 4.24. The molecule has 3 nitrogen and oxygen atoms in total. The van der Waals surface area contributed by atoms with Gasteiger partial charge in [-0.25, -0.2) is 0 Å². The van der Waals surface area contributed by atoms with Gasteiger partial charge >= 0.3 is 0 Å². The maximum atomic E-state index is 8.84. The second-order valence-corrected chi connectivity index (χ2v) is 4.24. The number of hydrogen-bond donors (Lipinski definition) is 3. The molecule has 2 atom stereocenters. The summed E-state index contributed by atoms with van der Waals surface area (Å²) >= 11 is 0. The van der Waals surface area contributed by atoms with Crippen molar-refractivity contribution >= 4 is 0 Å². The van der Waals surface area contributed by atoms with Crippen molar-refractivity contribution < 1.29 is 5.11 Å². The molecule has 0 bridgehead atoms. The van der Waals surface area contributed by atoms with Crippen LogP contribution in [-0.2, 0) is 0 Å². The van der Waals surface area contributed by atoms with Gasteiger partial charge < -0.3 is 15.7 Å². The molecular formula is C11H24N2O. The van der Waals surface area contributed by atoms with Gasteiger partial charge in [-0.3, -0.25) is 0 Å². The maximum Gasteiger partial charge on any atom is 0.0434 e. The Bertz CT molecular complexity index is 135. The van der Waals surface area contributed by atoms with Crippen LogP contribution >= 0.6 is 0 Å². The van der Waals surface area contributed by atoms with E-state index in [1.807, 2.05) is 0 Å². The molecule has 0 aromatic heterocycles. The van der Waals surface area contributed by atoms with E-state index in [1.54, 1.807) is 0 Å². The van der Waals surface area contributed by atoms with Crippen molar-refractivity contribution in [2.24, 2.45) is 5.92 Å². The Morgan fingerprint density at radius 1 is 1.57 bits per heavy atom. The highest BCUT2D eigenvalue weighted by atomic mass is 16.3. The highest BCUT2D eigenvalue weighted by molar-refractivity contribution is 4.76. The fraction of sp³-hybridized carbons (Fsp3) is 1.00. The van der Waals surface area contributed by atoms with Crippen LogP contribution in [0.4, 0.5) is 0 Å². The average Bonchev–Trinajstić information content (AvgIpc) is 2.69. The Labute approximate surface area is 87.3 Å². The van der Waals surface area contributed by atoms with Gasteiger partial charge in [0.2, 0.25) is 0 Å². The highest BCUT2D eigenvalue weighted by Gasteiger charge is 2.13. The number of hydrogen-bond acceptors (Lipinski definition) is 3. The molecule has 0 amide bonds. The third-order valence-electron chi connectivity index (χ3n) is 3.10. The molecule has 0 spiro atoms. The standard InChI is InChI=1S/C11H24N2O/c1-2-10(5-7-14)8-12-9-11-4-3-6-13-11/h10-14H,2-9H2,1H3. The number of aliphatic hydroxyl groups is 1. The fourth-order valence-electron chi connectivity index (χ4n) is 2.03. The molecule has 0 saturated carbocycles. The van der Waals surface area contributed by atoms with Crippen LogP contribution in [0, 0.1) is 5.92 Å². The zero-order valence-corrected chi connectivity index (χ0v) is 9.26. The van der Waals surface area contributed by atoms with E-state index >= 15 is 0 Å². The zero-order chi connectivity index (χ0) is 10.2. The van der Waals surface area contributed by atoms with Crippen LogP contribution in [0.2, 0.25) is 0 Å². The Hall–Kier alpha value is -0.120. The number of nitrogens with one attached hydrogen (secondary N) is 2. The molecular weight excluding hydrogens is 176 g/mol. The minimum absolute atomic E-state index is 0.321. The first-order valence-electron chi connectivity index (χ1n) is 5.91. The predicted octanol–water partition coefficient (Wildman–Crippen LogP) is 0.737. The molecule has 0 aromatic carbocycles. The lowest BCUT2D eigenvalue weighted by molar-refractivity contribution is 0.250. The summed E-state index contributed by atoms with van der Waals surface area (Å²) in [5.74, 6) is 0.640. The van der Waals surface area contributed by atoms with Crippen LogP contribution in [0.15, 0.2) is 0 Å². The van der Waals surface area contributed by atoms with Gasteiger partial charge in [-0.1, -0.05) is 13.3 Å². The Balaban J connectivity index is 2.00. The molecule has 3 heteroatoms. The summed E-state index contributed by atoms with van der Waals surface area (Å²) in [5, 5.41) is 15.8. The van der Waals surface area contributed by atoms with Crippen LogP contribution in [0.1, 0.15) is 32.6 Å². The van der Waals surface area contributed by atoms with Crippen molar-refractivity contribution in [3.05, 3.63) is 0 Å². The molecule has 2 unspecified atom stereocenters. The van der Waals surface area contributed by atoms with Gasteiger partial charge in [0, 0.05) is 19.2 Å². The van der Waals surface area contributed by atoms with E-state index in [4.69, 9.17) is 5.11 Å². The molecule has 84 valence electrons. The normalized spacial score (nSPS) is 24.0. The van der Waals surface area contributed by atoms with E-state index in [0.717, 1.165) is 25.9 Å². The molecule has 1 saturated heterocycles. The first-order valence-corrected chi connectivity index (χ1v) is 5.91. The van der Waals surface area contributed by atoms with Gasteiger partial charge in [-0.15, -0.1) is 0 Å². The van der Waals surface area contributed by atoms with E-state index < -0.39 is 0 Å². The van der Waals surface area contributed by atoms with Gasteiger partial charge in [-0.05, 0) is 38.3 Å². The van der Waals surface area contributed by atoms with Gasteiger partial charge in [-0.2, -0.15) is 0 Å². The molecule has 1 fully saturated rings. The summed E-state index contributed by atoms with van der Waals surface area (Å²) in [5.41, 5.74) is 0. The molecule has 1 aliphatic heterocycles. The minimum atomic E-state index is 0.321. The lowest BCUT2D eigenvalue weighted by atomic mass is 10.0. The summed E-state index contributed by atoms with van der Waals surface area (Å²) in [6.45, 7) is 5.83. The average molecular weight is 200 g/mol. The lowest BCUT2D eigenvalue weighted by Gasteiger charge is -2.16. The van der Waals surface area contributed by atoms with Gasteiger partial charge in [0.05, 0.1) is 0 Å². The second kappa shape index (κ2) is 7.21. The van der Waals surface area contributed by atoms with Crippen LogP contribution < -0.4 is 10.6 Å². The first-order chi connectivity index (χ1) is 6.86. The van der Waals surface area contributed by atoms with Gasteiger partial charge in [0.15, 0.2) is 0 Å². The summed E-state index contributed by atoms with van der Waals surface area (Å²) in [7, 11) is 0. The largest absolute Gasteiger partial charge is 0.396 e. The van der Waals surface area contributed by atoms with Crippen LogP contribution in [0.3, 0.4) is 0 Å². The Morgan fingerprint density at radius 2 is 2.43 bits per heavy atom. The topological polar surface area (TPSA) is 44.3 Å². The monoisotopic (exact) mass is 200 g/mol. The molecule has 14 heavy (non-hydrogen) atoms. The van der Waals surface area contributed by atoms with Crippen molar-refractivity contribution in [2.45, 2.75) is 38.6 Å². The smallest absolute Gasteiger partial charge is 0.0434 e. The predicted molar refractivity (Wildman–Crippen MR) is 59.4 cm³/mol.